The van der Waals surface area contributed by atoms with Crippen LogP contribution in [0, 0.1) is 0 Å². The molecule has 0 aromatic carbocycles. The molecule has 0 aliphatic rings. The van der Waals surface area contributed by atoms with Crippen LogP contribution in [0.5, 0.6) is 0 Å². The maximum absolute atomic E-state index is 11.2. The topological polar surface area (TPSA) is 67.8 Å². The highest BCUT2D eigenvalue weighted by Crippen LogP contribution is 2.06. The van der Waals surface area contributed by atoms with E-state index in [1.165, 1.54) is 0 Å². The quantitative estimate of drug-likeness (QED) is 0.640. The van der Waals surface area contributed by atoms with Gasteiger partial charge in [-0.3, -0.25) is 0 Å². The second-order valence-electron chi connectivity index (χ2n) is 4.83. The fraction of sp³-hybridized carbons (Fsp3) is 0.917. The predicted octanol–water partition coefficient (Wildman–Crippen LogP) is 1.69. The van der Waals surface area contributed by atoms with Gasteiger partial charge in [0.05, 0.1) is 0 Å². The van der Waals surface area contributed by atoms with Crippen LogP contribution in [-0.4, -0.2) is 43.2 Å². The Morgan fingerprint density at radius 2 is 1.82 bits per heavy atom. The summed E-state index contributed by atoms with van der Waals surface area (Å²) in [4.78, 5) is 11.2. The summed E-state index contributed by atoms with van der Waals surface area (Å²) in [5.41, 5.74) is -0.447. The van der Waals surface area contributed by atoms with Crippen molar-refractivity contribution in [3.63, 3.8) is 0 Å². The fourth-order valence-electron chi connectivity index (χ4n) is 1.10. The molecule has 2 N–H and O–H groups in total. The minimum atomic E-state index is -0.447. The van der Waals surface area contributed by atoms with Gasteiger partial charge in [-0.15, -0.1) is 0 Å². The number of hydrogen-bond acceptors (Lipinski definition) is 4. The lowest BCUT2D eigenvalue weighted by atomic mass is 10.2. The first-order valence-electron chi connectivity index (χ1n) is 6.11. The normalized spacial score (nSPS) is 11.3. The molecule has 0 aromatic heterocycles. The molecule has 102 valence electrons. The highest BCUT2D eigenvalue weighted by molar-refractivity contribution is 5.67. The molecule has 0 aliphatic heterocycles. The zero-order chi connectivity index (χ0) is 13.1. The molecule has 0 saturated carbocycles. The summed E-state index contributed by atoms with van der Waals surface area (Å²) >= 11 is 0. The van der Waals surface area contributed by atoms with Crippen molar-refractivity contribution in [1.82, 2.24) is 5.32 Å². The van der Waals surface area contributed by atoms with E-state index in [4.69, 9.17) is 14.6 Å². The van der Waals surface area contributed by atoms with Gasteiger partial charge in [-0.25, -0.2) is 4.79 Å². The molecule has 0 saturated heterocycles. The number of alkyl carbamates (subject to hydrolysis) is 1. The summed E-state index contributed by atoms with van der Waals surface area (Å²) in [7, 11) is 0. The monoisotopic (exact) mass is 247 g/mol. The Morgan fingerprint density at radius 1 is 1.18 bits per heavy atom. The third-order valence-corrected chi connectivity index (χ3v) is 1.83. The summed E-state index contributed by atoms with van der Waals surface area (Å²) in [6, 6.07) is 0. The Balaban J connectivity index is 3.25. The molecule has 0 spiro atoms. The zero-order valence-electron chi connectivity index (χ0n) is 11.1. The molecule has 5 heteroatoms. The van der Waals surface area contributed by atoms with Crippen LogP contribution in [0.15, 0.2) is 0 Å². The van der Waals surface area contributed by atoms with Crippen LogP contribution in [0.4, 0.5) is 4.79 Å². The van der Waals surface area contributed by atoms with Crippen molar-refractivity contribution < 1.29 is 19.4 Å². The van der Waals surface area contributed by atoms with Gasteiger partial charge in [0, 0.05) is 26.4 Å². The number of unbranched alkanes of at least 4 members (excludes halogenated alkanes) is 1. The van der Waals surface area contributed by atoms with Crippen LogP contribution >= 0.6 is 0 Å². The highest BCUT2D eigenvalue weighted by Gasteiger charge is 2.15. The molecule has 0 aromatic rings. The van der Waals surface area contributed by atoms with Gasteiger partial charge in [-0.1, -0.05) is 0 Å². The first kappa shape index (κ1) is 16.2. The smallest absolute Gasteiger partial charge is 0.407 e. The minimum Gasteiger partial charge on any atom is -0.444 e. The van der Waals surface area contributed by atoms with E-state index in [1.54, 1.807) is 0 Å². The van der Waals surface area contributed by atoms with Crippen LogP contribution in [0.3, 0.4) is 0 Å². The molecule has 0 heterocycles. The molecular formula is C12H25NO4. The molecule has 0 aliphatic carbocycles. The first-order valence-corrected chi connectivity index (χ1v) is 6.11. The van der Waals surface area contributed by atoms with E-state index >= 15 is 0 Å². The molecular weight excluding hydrogens is 222 g/mol. The predicted molar refractivity (Wildman–Crippen MR) is 66.0 cm³/mol. The van der Waals surface area contributed by atoms with Crippen LogP contribution in [-0.2, 0) is 9.47 Å². The standard InChI is InChI=1S/C12H25NO4/c1-12(2,3)17-11(15)13-7-4-5-9-16-10-6-8-14/h14H,4-10H2,1-3H3,(H,13,15). The van der Waals surface area contributed by atoms with Gasteiger partial charge >= 0.3 is 6.09 Å². The highest BCUT2D eigenvalue weighted by atomic mass is 16.6. The van der Waals surface area contributed by atoms with Gasteiger partial charge in [-0.2, -0.15) is 0 Å². The Bertz CT molecular complexity index is 201. The first-order chi connectivity index (χ1) is 7.95. The average Bonchev–Trinajstić information content (AvgIpc) is 2.19. The van der Waals surface area contributed by atoms with Gasteiger partial charge in [0.15, 0.2) is 0 Å². The van der Waals surface area contributed by atoms with Crippen molar-refractivity contribution in [3.8, 4) is 0 Å². The third kappa shape index (κ3) is 13.1. The Hall–Kier alpha value is -0.810. The van der Waals surface area contributed by atoms with E-state index in [0.717, 1.165) is 12.8 Å². The Morgan fingerprint density at radius 3 is 2.41 bits per heavy atom. The summed E-state index contributed by atoms with van der Waals surface area (Å²) in [6.45, 7) is 7.52. The average molecular weight is 247 g/mol. The number of rotatable bonds is 8. The van der Waals surface area contributed by atoms with Crippen LogP contribution in [0.1, 0.15) is 40.0 Å². The van der Waals surface area contributed by atoms with Crippen LogP contribution < -0.4 is 5.32 Å². The second kappa shape index (κ2) is 9.24. The maximum atomic E-state index is 11.2. The Labute approximate surface area is 103 Å². The molecule has 17 heavy (non-hydrogen) atoms. The van der Waals surface area contributed by atoms with Gasteiger partial charge in [0.1, 0.15) is 5.60 Å². The molecule has 0 rings (SSSR count). The van der Waals surface area contributed by atoms with Crippen molar-refractivity contribution >= 4 is 6.09 Å². The van der Waals surface area contributed by atoms with Crippen molar-refractivity contribution in [1.29, 1.82) is 0 Å². The lowest BCUT2D eigenvalue weighted by Crippen LogP contribution is -2.33. The third-order valence-electron chi connectivity index (χ3n) is 1.83. The molecule has 0 atom stereocenters. The fourth-order valence-corrected chi connectivity index (χ4v) is 1.10. The SMILES string of the molecule is CC(C)(C)OC(=O)NCCCCOCCCO. The van der Waals surface area contributed by atoms with Gasteiger partial charge < -0.3 is 19.9 Å². The second-order valence-corrected chi connectivity index (χ2v) is 4.83. The minimum absolute atomic E-state index is 0.167. The van der Waals surface area contributed by atoms with E-state index in [2.05, 4.69) is 5.32 Å². The number of carbonyl (C=O) groups excluding carboxylic acids is 1. The summed E-state index contributed by atoms with van der Waals surface area (Å²) in [6.07, 6.45) is 2.05. The number of amides is 1. The number of aliphatic hydroxyl groups is 1. The molecule has 0 radical (unpaired) electrons. The molecule has 0 unspecified atom stereocenters. The molecule has 5 nitrogen and oxygen atoms in total. The van der Waals surface area contributed by atoms with E-state index in [-0.39, 0.29) is 12.7 Å². The van der Waals surface area contributed by atoms with Crippen molar-refractivity contribution in [3.05, 3.63) is 0 Å². The molecule has 1 amide bonds. The van der Waals surface area contributed by atoms with Crippen LogP contribution in [0.2, 0.25) is 0 Å². The Kier molecular flexibility index (Phi) is 8.80. The van der Waals surface area contributed by atoms with E-state index in [9.17, 15) is 4.79 Å². The number of nitrogens with one attached hydrogen (secondary N) is 1. The number of aliphatic hydroxyl groups excluding tert-OH is 1. The largest absolute Gasteiger partial charge is 0.444 e. The lowest BCUT2D eigenvalue weighted by Gasteiger charge is -2.19. The van der Waals surface area contributed by atoms with E-state index in [1.807, 2.05) is 20.8 Å². The zero-order valence-corrected chi connectivity index (χ0v) is 11.1. The van der Waals surface area contributed by atoms with Gasteiger partial charge in [-0.05, 0) is 40.0 Å². The summed E-state index contributed by atoms with van der Waals surface area (Å²) < 4.78 is 10.3. The number of ether oxygens (including phenoxy) is 2. The van der Waals surface area contributed by atoms with Crippen molar-refractivity contribution in [2.45, 2.75) is 45.6 Å². The van der Waals surface area contributed by atoms with E-state index in [0.29, 0.717) is 26.2 Å². The lowest BCUT2D eigenvalue weighted by molar-refractivity contribution is 0.0524. The van der Waals surface area contributed by atoms with Crippen molar-refractivity contribution in [2.75, 3.05) is 26.4 Å². The number of carbonyl (C=O) groups is 1. The van der Waals surface area contributed by atoms with E-state index < -0.39 is 5.60 Å². The summed E-state index contributed by atoms with van der Waals surface area (Å²) in [5.74, 6) is 0. The van der Waals surface area contributed by atoms with Gasteiger partial charge in [0.25, 0.3) is 0 Å². The van der Waals surface area contributed by atoms with Gasteiger partial charge in [0.2, 0.25) is 0 Å². The molecule has 0 bridgehead atoms. The number of hydrogen-bond donors (Lipinski definition) is 2. The van der Waals surface area contributed by atoms with Crippen LogP contribution in [0.25, 0.3) is 0 Å². The van der Waals surface area contributed by atoms with Crippen molar-refractivity contribution in [2.24, 2.45) is 0 Å². The molecule has 0 fully saturated rings. The maximum Gasteiger partial charge on any atom is 0.407 e. The summed E-state index contributed by atoms with van der Waals surface area (Å²) in [5, 5.41) is 11.2.